The van der Waals surface area contributed by atoms with Crippen molar-refractivity contribution in [3.8, 4) is 0 Å². The van der Waals surface area contributed by atoms with Crippen LogP contribution in [0.25, 0.3) is 10.2 Å². The highest BCUT2D eigenvalue weighted by Gasteiger charge is 2.53. The fourth-order valence-electron chi connectivity index (χ4n) is 5.67. The van der Waals surface area contributed by atoms with E-state index in [2.05, 4.69) is 15.3 Å². The third-order valence-corrected chi connectivity index (χ3v) is 9.05. The van der Waals surface area contributed by atoms with Gasteiger partial charge in [0, 0.05) is 24.3 Å². The summed E-state index contributed by atoms with van der Waals surface area (Å²) >= 11 is 7.20. The van der Waals surface area contributed by atoms with Crippen LogP contribution in [0.3, 0.4) is 0 Å². The third kappa shape index (κ3) is 4.63. The Morgan fingerprint density at radius 2 is 1.88 bits per heavy atom. The van der Waals surface area contributed by atoms with Crippen LogP contribution in [0.4, 0.5) is 14.5 Å². The van der Waals surface area contributed by atoms with Gasteiger partial charge in [-0.2, -0.15) is 0 Å². The maximum atomic E-state index is 13.8. The summed E-state index contributed by atoms with van der Waals surface area (Å²) in [4.78, 5) is 36.5. The third-order valence-electron chi connectivity index (χ3n) is 7.70. The van der Waals surface area contributed by atoms with Gasteiger partial charge in [0.15, 0.2) is 0 Å². The van der Waals surface area contributed by atoms with Gasteiger partial charge in [-0.15, -0.1) is 11.3 Å². The van der Waals surface area contributed by atoms with E-state index in [4.69, 9.17) is 11.6 Å². The molecule has 40 heavy (non-hydrogen) atoms. The summed E-state index contributed by atoms with van der Waals surface area (Å²) in [5.41, 5.74) is -0.767. The second-order valence-corrected chi connectivity index (χ2v) is 11.7. The molecule has 0 spiro atoms. The van der Waals surface area contributed by atoms with Gasteiger partial charge in [0.05, 0.1) is 26.5 Å². The van der Waals surface area contributed by atoms with Crippen molar-refractivity contribution in [3.05, 3.63) is 87.6 Å². The number of rotatable bonds is 6. The first kappa shape index (κ1) is 26.7. The average Bonchev–Trinajstić information content (AvgIpc) is 3.48. The molecule has 0 saturated heterocycles. The highest BCUT2D eigenvalue weighted by atomic mass is 35.5. The second-order valence-electron chi connectivity index (χ2n) is 10.2. The number of hydrogen-bond acceptors (Lipinski definition) is 6. The van der Waals surface area contributed by atoms with Crippen LogP contribution in [0.1, 0.15) is 58.7 Å². The lowest BCUT2D eigenvalue weighted by atomic mass is 9.85. The lowest BCUT2D eigenvalue weighted by Gasteiger charge is -2.32. The molecule has 1 saturated carbocycles. The molecule has 2 aliphatic rings. The molecule has 206 valence electrons. The van der Waals surface area contributed by atoms with Gasteiger partial charge in [0.25, 0.3) is 18.2 Å². The summed E-state index contributed by atoms with van der Waals surface area (Å²) in [6.07, 6.45) is 0.884. The molecule has 6 rings (SSSR count). The van der Waals surface area contributed by atoms with E-state index in [0.717, 1.165) is 16.4 Å². The Kier molecular flexibility index (Phi) is 7.02. The van der Waals surface area contributed by atoms with Crippen LogP contribution in [0.5, 0.6) is 0 Å². The summed E-state index contributed by atoms with van der Waals surface area (Å²) in [5, 5.41) is 15.2. The number of anilines is 1. The summed E-state index contributed by atoms with van der Waals surface area (Å²) in [6.45, 7) is 0.414. The number of halogens is 3. The van der Waals surface area contributed by atoms with E-state index in [1.807, 2.05) is 36.4 Å². The van der Waals surface area contributed by atoms with Crippen molar-refractivity contribution in [2.45, 2.75) is 43.8 Å². The first-order valence-electron chi connectivity index (χ1n) is 13.0. The predicted octanol–water partition coefficient (Wildman–Crippen LogP) is 5.85. The Morgan fingerprint density at radius 3 is 2.62 bits per heavy atom. The van der Waals surface area contributed by atoms with Crippen LogP contribution >= 0.6 is 22.9 Å². The van der Waals surface area contributed by atoms with Crippen LogP contribution in [-0.4, -0.2) is 39.5 Å². The highest BCUT2D eigenvalue weighted by molar-refractivity contribution is 7.18. The molecule has 1 atom stereocenters. The molecule has 3 heterocycles. The number of fused-ring (bicyclic) bond motifs is 2. The SMILES string of the molecule is O=C(NC1CCC(CN2C(=O)C(O)(c3nc4ccccc4s3)c3ccccc32)CC1)c1cc(Cl)cnc1C(F)F. The maximum Gasteiger partial charge on any atom is 0.281 e. The number of nitrogens with one attached hydrogen (secondary N) is 1. The summed E-state index contributed by atoms with van der Waals surface area (Å²) in [5.74, 6) is -0.915. The van der Waals surface area contributed by atoms with Crippen LogP contribution in [0.15, 0.2) is 60.8 Å². The standard InChI is InChI=1S/C29H25ClF2N4O3S/c30-17-13-19(24(25(31)32)33-14-17)26(37)34-18-11-9-16(10-12-18)15-36-22-7-3-1-5-20(22)29(39,28(36)38)27-35-21-6-2-4-8-23(21)40-27/h1-8,13-14,16,18,25,39H,9-12,15H2,(H,34,37). The summed E-state index contributed by atoms with van der Waals surface area (Å²) in [7, 11) is 0. The van der Waals surface area contributed by atoms with Crippen LogP contribution in [0, 0.1) is 5.92 Å². The van der Waals surface area contributed by atoms with Crippen molar-refractivity contribution >= 4 is 50.7 Å². The Hall–Kier alpha value is -3.47. The highest BCUT2D eigenvalue weighted by Crippen LogP contribution is 2.47. The smallest absolute Gasteiger partial charge is 0.281 e. The molecule has 7 nitrogen and oxygen atoms in total. The molecule has 1 fully saturated rings. The molecule has 4 aromatic rings. The Morgan fingerprint density at radius 1 is 1.15 bits per heavy atom. The van der Waals surface area contributed by atoms with E-state index in [1.165, 1.54) is 17.4 Å². The lowest BCUT2D eigenvalue weighted by molar-refractivity contribution is -0.132. The van der Waals surface area contributed by atoms with Gasteiger partial charge in [0.2, 0.25) is 5.60 Å². The number of carbonyl (C=O) groups is 2. The number of pyridine rings is 1. The van der Waals surface area contributed by atoms with Gasteiger partial charge in [0.1, 0.15) is 10.7 Å². The molecule has 1 aliphatic carbocycles. The summed E-state index contributed by atoms with van der Waals surface area (Å²) in [6, 6.07) is 15.8. The zero-order chi connectivity index (χ0) is 28.0. The fourth-order valence-corrected chi connectivity index (χ4v) is 6.89. The van der Waals surface area contributed by atoms with E-state index in [0.29, 0.717) is 48.5 Å². The van der Waals surface area contributed by atoms with E-state index >= 15 is 0 Å². The lowest BCUT2D eigenvalue weighted by Crippen LogP contribution is -2.44. The average molecular weight is 583 g/mol. The predicted molar refractivity (Wildman–Crippen MR) is 149 cm³/mol. The van der Waals surface area contributed by atoms with Crippen LogP contribution in [-0.2, 0) is 10.4 Å². The molecule has 2 amide bonds. The van der Waals surface area contributed by atoms with Crippen molar-refractivity contribution in [1.29, 1.82) is 0 Å². The minimum absolute atomic E-state index is 0.111. The number of alkyl halides is 2. The van der Waals surface area contributed by atoms with Crippen molar-refractivity contribution in [3.63, 3.8) is 0 Å². The van der Waals surface area contributed by atoms with Crippen LogP contribution < -0.4 is 10.2 Å². The van der Waals surface area contributed by atoms with Crippen molar-refractivity contribution in [2.24, 2.45) is 5.92 Å². The van der Waals surface area contributed by atoms with Gasteiger partial charge in [-0.1, -0.05) is 41.9 Å². The molecular weight excluding hydrogens is 558 g/mol. The minimum Gasteiger partial charge on any atom is -0.370 e. The van der Waals surface area contributed by atoms with E-state index < -0.39 is 29.5 Å². The second kappa shape index (κ2) is 10.5. The molecule has 2 N–H and O–H groups in total. The largest absolute Gasteiger partial charge is 0.370 e. The number of amides is 2. The Labute approximate surface area is 237 Å². The number of aromatic nitrogens is 2. The monoisotopic (exact) mass is 582 g/mol. The minimum atomic E-state index is -2.89. The molecule has 0 radical (unpaired) electrons. The number of carbonyl (C=O) groups excluding carboxylic acids is 2. The molecule has 2 aromatic heterocycles. The zero-order valence-electron chi connectivity index (χ0n) is 21.2. The maximum absolute atomic E-state index is 13.8. The first-order valence-corrected chi connectivity index (χ1v) is 14.2. The molecule has 11 heteroatoms. The van der Waals surface area contributed by atoms with Crippen LogP contribution in [0.2, 0.25) is 5.02 Å². The quantitative estimate of drug-likeness (QED) is 0.297. The van der Waals surface area contributed by atoms with Gasteiger partial charge < -0.3 is 15.3 Å². The molecule has 1 unspecified atom stereocenters. The summed E-state index contributed by atoms with van der Waals surface area (Å²) < 4.78 is 27.6. The number of thiazole rings is 1. The number of hydrogen-bond donors (Lipinski definition) is 2. The van der Waals surface area contributed by atoms with Gasteiger partial charge >= 0.3 is 0 Å². The molecule has 2 aromatic carbocycles. The molecule has 1 aliphatic heterocycles. The van der Waals surface area contributed by atoms with Crippen molar-refractivity contribution < 1.29 is 23.5 Å². The number of para-hydroxylation sites is 2. The van der Waals surface area contributed by atoms with Crippen molar-refractivity contribution in [2.75, 3.05) is 11.4 Å². The van der Waals surface area contributed by atoms with E-state index in [1.54, 1.807) is 17.0 Å². The van der Waals surface area contributed by atoms with Crippen molar-refractivity contribution in [1.82, 2.24) is 15.3 Å². The topological polar surface area (TPSA) is 95.4 Å². The zero-order valence-corrected chi connectivity index (χ0v) is 22.8. The van der Waals surface area contributed by atoms with E-state index in [9.17, 15) is 23.5 Å². The first-order chi connectivity index (χ1) is 19.3. The van der Waals surface area contributed by atoms with Gasteiger partial charge in [-0.3, -0.25) is 14.6 Å². The molecule has 0 bridgehead atoms. The van der Waals surface area contributed by atoms with Gasteiger partial charge in [-0.05, 0) is 55.9 Å². The fraction of sp³-hybridized carbons (Fsp3) is 0.310. The Balaban J connectivity index is 1.15. The Bertz CT molecular complexity index is 1570. The number of aliphatic hydroxyl groups is 1. The number of nitrogens with zero attached hydrogens (tertiary/aromatic N) is 3. The van der Waals surface area contributed by atoms with E-state index in [-0.39, 0.29) is 22.5 Å². The van der Waals surface area contributed by atoms with Gasteiger partial charge in [-0.25, -0.2) is 13.8 Å². The normalized spacial score (nSPS) is 22.6. The number of benzene rings is 2. The molecular formula is C29H25ClF2N4O3S.